The molecule has 1 heteroatoms. The second kappa shape index (κ2) is 7.75. The Morgan fingerprint density at radius 3 is 2.54 bits per heavy atom. The van der Waals surface area contributed by atoms with Crippen LogP contribution in [0.25, 0.3) is 0 Å². The molecule has 0 bridgehead atoms. The molecule has 28 heavy (non-hydrogen) atoms. The van der Waals surface area contributed by atoms with Crippen LogP contribution in [0.1, 0.15) is 105 Å². The zero-order chi connectivity index (χ0) is 20.1. The van der Waals surface area contributed by atoms with Crippen molar-refractivity contribution in [1.82, 2.24) is 0 Å². The number of hydrogen-bond donors (Lipinski definition) is 1. The molecule has 0 saturated heterocycles. The molecule has 1 N–H and O–H groups in total. The SMILES string of the molecule is CC(C[13CH2][13CH2][13CH]([13CH3])[13CH3])C1CCC2C3CC=C4C[C@@H](O)CC[C@]4(C)C3CC[C@]12C. The number of allylic oxidation sites excluding steroid dienone is 1. The highest BCUT2D eigenvalue weighted by atomic mass is 16.3. The van der Waals surface area contributed by atoms with Gasteiger partial charge in [0, 0.05) is 0 Å². The monoisotopic (exact) mass is 391 g/mol. The normalized spacial score (nSPS) is 46.5. The van der Waals surface area contributed by atoms with Gasteiger partial charge in [0.25, 0.3) is 0 Å². The van der Waals surface area contributed by atoms with Gasteiger partial charge >= 0.3 is 0 Å². The van der Waals surface area contributed by atoms with E-state index < -0.39 is 0 Å². The van der Waals surface area contributed by atoms with Crippen LogP contribution < -0.4 is 0 Å². The molecular weight excluding hydrogens is 345 g/mol. The van der Waals surface area contributed by atoms with E-state index in [1.807, 2.05) is 0 Å². The van der Waals surface area contributed by atoms with Gasteiger partial charge in [-0.1, -0.05) is 65.5 Å². The van der Waals surface area contributed by atoms with Gasteiger partial charge in [-0.2, -0.15) is 0 Å². The number of rotatable bonds is 5. The van der Waals surface area contributed by atoms with E-state index in [1.165, 1.54) is 57.8 Å². The van der Waals surface area contributed by atoms with E-state index >= 15 is 0 Å². The van der Waals surface area contributed by atoms with Crippen molar-refractivity contribution in [1.29, 1.82) is 0 Å². The van der Waals surface area contributed by atoms with Gasteiger partial charge in [-0.05, 0) is 97.7 Å². The molecule has 8 atom stereocenters. The number of aliphatic hydroxyl groups excluding tert-OH is 1. The lowest BCUT2D eigenvalue weighted by Crippen LogP contribution is -2.50. The first-order valence-corrected chi connectivity index (χ1v) is 12.6. The van der Waals surface area contributed by atoms with E-state index in [-0.39, 0.29) is 6.10 Å². The molecule has 0 radical (unpaired) electrons. The summed E-state index contributed by atoms with van der Waals surface area (Å²) in [4.78, 5) is 0. The Labute approximate surface area is 174 Å². The van der Waals surface area contributed by atoms with Crippen LogP contribution in [0.2, 0.25) is 0 Å². The summed E-state index contributed by atoms with van der Waals surface area (Å²) in [5.74, 6) is 5.46. The van der Waals surface area contributed by atoms with Gasteiger partial charge in [-0.25, -0.2) is 0 Å². The third kappa shape index (κ3) is 3.42. The van der Waals surface area contributed by atoms with Crippen molar-refractivity contribution in [2.24, 2.45) is 46.3 Å². The minimum Gasteiger partial charge on any atom is -0.393 e. The molecule has 0 aliphatic heterocycles. The minimum atomic E-state index is -0.0766. The fourth-order valence-corrected chi connectivity index (χ4v) is 8.67. The zero-order valence-corrected chi connectivity index (χ0v) is 19.3. The van der Waals surface area contributed by atoms with Crippen molar-refractivity contribution in [3.05, 3.63) is 11.6 Å². The molecule has 5 unspecified atom stereocenters. The standard InChI is InChI=1S/C27H46O/c1-18(2)7-6-8-19(3)23-11-12-24-22-10-9-20-17-21(28)13-15-26(20,4)25(22)14-16-27(23,24)5/h9,18-19,21-25,28H,6-8,10-17H2,1-5H3/t19?,21-,22?,23?,24?,25?,26-,27+/m0/s1/i1+1,2+1,6+1,7+1,18+1. The topological polar surface area (TPSA) is 20.2 Å². The summed E-state index contributed by atoms with van der Waals surface area (Å²) in [6.45, 7) is 12.6. The van der Waals surface area contributed by atoms with Gasteiger partial charge < -0.3 is 5.11 Å². The summed E-state index contributed by atoms with van der Waals surface area (Å²) in [5, 5.41) is 10.2. The molecule has 0 aromatic carbocycles. The molecule has 160 valence electrons. The van der Waals surface area contributed by atoms with Gasteiger partial charge in [0.15, 0.2) is 0 Å². The number of aliphatic hydroxyl groups is 1. The summed E-state index contributed by atoms with van der Waals surface area (Å²) in [6.07, 6.45) is 17.2. The summed E-state index contributed by atoms with van der Waals surface area (Å²) < 4.78 is 0. The quantitative estimate of drug-likeness (QED) is 0.382. The molecule has 3 saturated carbocycles. The van der Waals surface area contributed by atoms with Crippen LogP contribution >= 0.6 is 0 Å². The molecule has 3 fully saturated rings. The first-order valence-electron chi connectivity index (χ1n) is 12.6. The lowest BCUT2D eigenvalue weighted by atomic mass is 9.47. The Morgan fingerprint density at radius 2 is 1.79 bits per heavy atom. The molecule has 1 nitrogen and oxygen atoms in total. The third-order valence-electron chi connectivity index (χ3n) is 10.3. The Hall–Kier alpha value is -0.300. The van der Waals surface area contributed by atoms with Gasteiger partial charge in [0.05, 0.1) is 6.10 Å². The van der Waals surface area contributed by atoms with Crippen molar-refractivity contribution in [2.45, 2.75) is 111 Å². The Bertz CT molecular complexity index is 591. The summed E-state index contributed by atoms with van der Waals surface area (Å²) in [6, 6.07) is 0. The maximum absolute atomic E-state index is 10.2. The lowest BCUT2D eigenvalue weighted by Gasteiger charge is -2.58. The Kier molecular flexibility index (Phi) is 5.80. The largest absolute Gasteiger partial charge is 0.393 e. The average molecular weight is 392 g/mol. The van der Waals surface area contributed by atoms with E-state index in [1.54, 1.807) is 5.57 Å². The molecule has 0 spiro atoms. The second-order valence-corrected chi connectivity index (χ2v) is 12.2. The van der Waals surface area contributed by atoms with Gasteiger partial charge in [-0.15, -0.1) is 0 Å². The van der Waals surface area contributed by atoms with E-state index in [2.05, 4.69) is 40.7 Å². The maximum atomic E-state index is 10.2. The summed E-state index contributed by atoms with van der Waals surface area (Å²) in [5.41, 5.74) is 2.60. The number of fused-ring (bicyclic) bond motifs is 5. The van der Waals surface area contributed by atoms with Crippen LogP contribution in [-0.4, -0.2) is 11.2 Å². The van der Waals surface area contributed by atoms with Crippen LogP contribution in [0.15, 0.2) is 11.6 Å². The van der Waals surface area contributed by atoms with E-state index in [0.29, 0.717) is 10.8 Å². The van der Waals surface area contributed by atoms with Crippen molar-refractivity contribution in [2.75, 3.05) is 0 Å². The molecule has 4 rings (SSSR count). The van der Waals surface area contributed by atoms with Gasteiger partial charge in [-0.3, -0.25) is 0 Å². The smallest absolute Gasteiger partial charge is 0.0577 e. The van der Waals surface area contributed by atoms with E-state index in [4.69, 9.17) is 0 Å². The fourth-order valence-electron chi connectivity index (χ4n) is 8.67. The second-order valence-electron chi connectivity index (χ2n) is 12.2. The van der Waals surface area contributed by atoms with Crippen LogP contribution in [0, 0.1) is 46.3 Å². The molecule has 0 aromatic rings. The first-order chi connectivity index (χ1) is 13.3. The molecule has 0 aromatic heterocycles. The summed E-state index contributed by atoms with van der Waals surface area (Å²) in [7, 11) is 0. The van der Waals surface area contributed by atoms with Gasteiger partial charge in [0.2, 0.25) is 0 Å². The minimum absolute atomic E-state index is 0.0766. The Balaban J connectivity index is 1.49. The Morgan fingerprint density at radius 1 is 1.00 bits per heavy atom. The highest BCUT2D eigenvalue weighted by molar-refractivity contribution is 5.25. The van der Waals surface area contributed by atoms with Crippen molar-refractivity contribution >= 4 is 0 Å². The van der Waals surface area contributed by atoms with Crippen LogP contribution in [-0.2, 0) is 0 Å². The van der Waals surface area contributed by atoms with E-state index in [9.17, 15) is 5.11 Å². The molecular formula is C27H46O. The molecule has 0 heterocycles. The third-order valence-corrected chi connectivity index (χ3v) is 10.3. The molecule has 4 aliphatic carbocycles. The lowest BCUT2D eigenvalue weighted by molar-refractivity contribution is -0.0573. The first kappa shape index (κ1) is 21.0. The highest BCUT2D eigenvalue weighted by Crippen LogP contribution is 2.67. The fraction of sp³-hybridized carbons (Fsp3) is 0.926. The van der Waals surface area contributed by atoms with E-state index in [0.717, 1.165) is 48.3 Å². The predicted octanol–water partition coefficient (Wildman–Crippen LogP) is 7.39. The van der Waals surface area contributed by atoms with Crippen LogP contribution in [0.3, 0.4) is 0 Å². The van der Waals surface area contributed by atoms with Gasteiger partial charge in [0.1, 0.15) is 0 Å². The van der Waals surface area contributed by atoms with Crippen molar-refractivity contribution in [3.8, 4) is 0 Å². The van der Waals surface area contributed by atoms with Crippen molar-refractivity contribution < 1.29 is 5.11 Å². The highest BCUT2D eigenvalue weighted by Gasteiger charge is 2.59. The zero-order valence-electron chi connectivity index (χ0n) is 19.3. The molecule has 0 amide bonds. The predicted molar refractivity (Wildman–Crippen MR) is 119 cm³/mol. The average Bonchev–Trinajstić information content (AvgIpc) is 2.99. The van der Waals surface area contributed by atoms with Crippen LogP contribution in [0.5, 0.6) is 0 Å². The maximum Gasteiger partial charge on any atom is 0.0577 e. The summed E-state index contributed by atoms with van der Waals surface area (Å²) >= 11 is 0. The number of hydrogen-bond acceptors (Lipinski definition) is 1. The van der Waals surface area contributed by atoms with Crippen molar-refractivity contribution in [3.63, 3.8) is 0 Å². The van der Waals surface area contributed by atoms with Crippen LogP contribution in [0.4, 0.5) is 0 Å². The molecule has 4 aliphatic rings.